The van der Waals surface area contributed by atoms with Crippen LogP contribution in [0, 0.1) is 0 Å². The second-order valence-corrected chi connectivity index (χ2v) is 6.93. The van der Waals surface area contributed by atoms with Crippen molar-refractivity contribution in [3.63, 3.8) is 0 Å². The summed E-state index contributed by atoms with van der Waals surface area (Å²) in [6, 6.07) is 0.596. The molecule has 1 atom stereocenters. The minimum atomic E-state index is 0.0456. The van der Waals surface area contributed by atoms with Crippen LogP contribution in [0.25, 0.3) is 0 Å². The molecule has 0 bridgehead atoms. The molecule has 0 unspecified atom stereocenters. The fraction of sp³-hybridized carbons (Fsp3) is 0.812. The quantitative estimate of drug-likeness (QED) is 0.903. The molecule has 0 radical (unpaired) electrons. The summed E-state index contributed by atoms with van der Waals surface area (Å²) >= 11 is 0. The van der Waals surface area contributed by atoms with Crippen LogP contribution >= 0.6 is 0 Å². The smallest absolute Gasteiger partial charge is 0.317 e. The van der Waals surface area contributed by atoms with Gasteiger partial charge in [0.25, 0.3) is 0 Å². The van der Waals surface area contributed by atoms with Crippen LogP contribution in [-0.4, -0.2) is 62.8 Å². The van der Waals surface area contributed by atoms with Gasteiger partial charge in [-0.3, -0.25) is 4.90 Å². The zero-order chi connectivity index (χ0) is 15.6. The Bertz CT molecular complexity index is 565. The molecule has 2 amide bonds. The van der Waals surface area contributed by atoms with Crippen molar-refractivity contribution in [1.29, 1.82) is 0 Å². The van der Waals surface area contributed by atoms with Gasteiger partial charge in [0, 0.05) is 32.1 Å². The van der Waals surface area contributed by atoms with Gasteiger partial charge in [-0.1, -0.05) is 0 Å². The molecule has 2 saturated heterocycles. The lowest BCUT2D eigenvalue weighted by atomic mass is 10.0. The van der Waals surface area contributed by atoms with Crippen LogP contribution in [0.5, 0.6) is 0 Å². The first kappa shape index (κ1) is 14.9. The number of carbonyl (C=O) groups excluding carboxylic acids is 1. The molecule has 2 fully saturated rings. The number of hydrogen-bond donors (Lipinski definition) is 1. The predicted molar refractivity (Wildman–Crippen MR) is 86.0 cm³/mol. The lowest BCUT2D eigenvalue weighted by molar-refractivity contribution is 0.125. The van der Waals surface area contributed by atoms with E-state index in [4.69, 9.17) is 0 Å². The number of aromatic nitrogens is 3. The van der Waals surface area contributed by atoms with Gasteiger partial charge in [-0.25, -0.2) is 4.79 Å². The van der Waals surface area contributed by atoms with Crippen LogP contribution in [0.2, 0.25) is 0 Å². The lowest BCUT2D eigenvalue weighted by Crippen LogP contribution is -2.51. The van der Waals surface area contributed by atoms with E-state index >= 15 is 0 Å². The SMILES string of the molecule is O=C(NCc1nnc2n1CCC2)N1CCC[C@@H](N2CCCC2)C1. The molecule has 1 N–H and O–H groups in total. The van der Waals surface area contributed by atoms with Gasteiger partial charge in [-0.2, -0.15) is 0 Å². The van der Waals surface area contributed by atoms with E-state index in [-0.39, 0.29) is 6.03 Å². The molecule has 4 heterocycles. The fourth-order valence-electron chi connectivity index (χ4n) is 4.15. The van der Waals surface area contributed by atoms with Crippen LogP contribution in [-0.2, 0) is 19.5 Å². The number of fused-ring (bicyclic) bond motifs is 1. The predicted octanol–water partition coefficient (Wildman–Crippen LogP) is 0.994. The summed E-state index contributed by atoms with van der Waals surface area (Å²) in [4.78, 5) is 17.0. The van der Waals surface area contributed by atoms with Crippen LogP contribution < -0.4 is 5.32 Å². The normalized spacial score (nSPS) is 24.9. The molecular weight excluding hydrogens is 292 g/mol. The topological polar surface area (TPSA) is 66.3 Å². The van der Waals surface area contributed by atoms with Crippen LogP contribution in [0.15, 0.2) is 0 Å². The van der Waals surface area contributed by atoms with Crippen LogP contribution in [0.1, 0.15) is 43.8 Å². The largest absolute Gasteiger partial charge is 0.331 e. The van der Waals surface area contributed by atoms with E-state index in [0.29, 0.717) is 12.6 Å². The lowest BCUT2D eigenvalue weighted by Gasteiger charge is -2.37. The molecule has 1 aromatic heterocycles. The van der Waals surface area contributed by atoms with Gasteiger partial charge in [-0.15, -0.1) is 10.2 Å². The summed E-state index contributed by atoms with van der Waals surface area (Å²) in [5, 5.41) is 11.4. The molecule has 0 aliphatic carbocycles. The molecule has 23 heavy (non-hydrogen) atoms. The highest BCUT2D eigenvalue weighted by Crippen LogP contribution is 2.20. The zero-order valence-corrected chi connectivity index (χ0v) is 13.7. The average molecular weight is 318 g/mol. The summed E-state index contributed by atoms with van der Waals surface area (Å²) in [5.74, 6) is 1.94. The van der Waals surface area contributed by atoms with E-state index in [2.05, 4.69) is 25.0 Å². The Kier molecular flexibility index (Phi) is 4.20. The zero-order valence-electron chi connectivity index (χ0n) is 13.7. The van der Waals surface area contributed by atoms with Crippen molar-refractivity contribution in [2.75, 3.05) is 26.2 Å². The third-order valence-corrected chi connectivity index (χ3v) is 5.42. The maximum atomic E-state index is 12.5. The van der Waals surface area contributed by atoms with E-state index in [1.165, 1.54) is 32.4 Å². The highest BCUT2D eigenvalue weighted by molar-refractivity contribution is 5.74. The van der Waals surface area contributed by atoms with Crippen molar-refractivity contribution < 1.29 is 4.79 Å². The van der Waals surface area contributed by atoms with Crippen molar-refractivity contribution >= 4 is 6.03 Å². The van der Waals surface area contributed by atoms with E-state index < -0.39 is 0 Å². The van der Waals surface area contributed by atoms with E-state index in [1.54, 1.807) is 0 Å². The molecule has 0 spiro atoms. The highest BCUT2D eigenvalue weighted by Gasteiger charge is 2.29. The Labute approximate surface area is 137 Å². The number of nitrogens with zero attached hydrogens (tertiary/aromatic N) is 5. The number of urea groups is 1. The average Bonchev–Trinajstić information content (AvgIpc) is 3.30. The minimum Gasteiger partial charge on any atom is -0.331 e. The number of carbonyl (C=O) groups is 1. The Morgan fingerprint density at radius 2 is 1.96 bits per heavy atom. The second kappa shape index (κ2) is 6.47. The number of likely N-dealkylation sites (tertiary alicyclic amines) is 2. The number of nitrogens with one attached hydrogen (secondary N) is 1. The molecule has 126 valence electrons. The van der Waals surface area contributed by atoms with Gasteiger partial charge in [-0.05, 0) is 45.2 Å². The number of amides is 2. The number of piperidine rings is 1. The molecule has 3 aliphatic rings. The number of aryl methyl sites for hydroxylation is 1. The van der Waals surface area contributed by atoms with Crippen molar-refractivity contribution in [3.8, 4) is 0 Å². The maximum Gasteiger partial charge on any atom is 0.317 e. The summed E-state index contributed by atoms with van der Waals surface area (Å²) in [7, 11) is 0. The highest BCUT2D eigenvalue weighted by atomic mass is 16.2. The molecule has 0 aromatic carbocycles. The van der Waals surface area contributed by atoms with Crippen molar-refractivity contribution in [1.82, 2.24) is 29.9 Å². The summed E-state index contributed by atoms with van der Waals surface area (Å²) < 4.78 is 2.14. The third-order valence-electron chi connectivity index (χ3n) is 5.42. The first-order valence-corrected chi connectivity index (χ1v) is 8.99. The van der Waals surface area contributed by atoms with Gasteiger partial charge in [0.2, 0.25) is 0 Å². The van der Waals surface area contributed by atoms with Gasteiger partial charge in [0.05, 0.1) is 6.54 Å². The van der Waals surface area contributed by atoms with E-state index in [9.17, 15) is 4.79 Å². The summed E-state index contributed by atoms with van der Waals surface area (Å²) in [6.07, 6.45) is 7.08. The van der Waals surface area contributed by atoms with Crippen molar-refractivity contribution in [2.24, 2.45) is 0 Å². The van der Waals surface area contributed by atoms with Crippen LogP contribution in [0.4, 0.5) is 4.79 Å². The molecule has 1 aromatic rings. The Morgan fingerprint density at radius 3 is 2.83 bits per heavy atom. The Hall–Kier alpha value is -1.63. The Balaban J connectivity index is 1.31. The van der Waals surface area contributed by atoms with E-state index in [0.717, 1.165) is 50.5 Å². The van der Waals surface area contributed by atoms with Gasteiger partial charge >= 0.3 is 6.03 Å². The molecule has 4 rings (SSSR count). The maximum absolute atomic E-state index is 12.5. The molecule has 3 aliphatic heterocycles. The third kappa shape index (κ3) is 3.06. The van der Waals surface area contributed by atoms with E-state index in [1.807, 2.05) is 4.90 Å². The standard InChI is InChI=1S/C16H26N6O/c23-16(17-11-15-19-18-14-6-4-10-22(14)15)21-9-3-5-13(12-21)20-7-1-2-8-20/h13H,1-12H2,(H,17,23)/t13-/m1/s1. The monoisotopic (exact) mass is 318 g/mol. The van der Waals surface area contributed by atoms with Crippen molar-refractivity contribution in [2.45, 2.75) is 57.7 Å². The minimum absolute atomic E-state index is 0.0456. The first-order valence-electron chi connectivity index (χ1n) is 8.99. The van der Waals surface area contributed by atoms with Gasteiger partial charge < -0.3 is 14.8 Å². The van der Waals surface area contributed by atoms with Gasteiger partial charge in [0.1, 0.15) is 5.82 Å². The second-order valence-electron chi connectivity index (χ2n) is 6.93. The fourth-order valence-corrected chi connectivity index (χ4v) is 4.15. The Morgan fingerprint density at radius 1 is 1.09 bits per heavy atom. The molecule has 7 heteroatoms. The molecule has 0 saturated carbocycles. The summed E-state index contributed by atoms with van der Waals surface area (Å²) in [6.45, 7) is 5.60. The number of rotatable bonds is 3. The van der Waals surface area contributed by atoms with Crippen LogP contribution in [0.3, 0.4) is 0 Å². The van der Waals surface area contributed by atoms with Gasteiger partial charge in [0.15, 0.2) is 5.82 Å². The number of hydrogen-bond acceptors (Lipinski definition) is 4. The first-order chi connectivity index (χ1) is 11.3. The molecular formula is C16H26N6O. The van der Waals surface area contributed by atoms with Crippen molar-refractivity contribution in [3.05, 3.63) is 11.6 Å². The summed E-state index contributed by atoms with van der Waals surface area (Å²) in [5.41, 5.74) is 0. The molecule has 7 nitrogen and oxygen atoms in total.